The van der Waals surface area contributed by atoms with Crippen molar-refractivity contribution in [1.29, 1.82) is 0 Å². The number of rotatable bonds is 3. The highest BCUT2D eigenvalue weighted by Crippen LogP contribution is 2.16. The van der Waals surface area contributed by atoms with Crippen LogP contribution in [0.5, 0.6) is 0 Å². The van der Waals surface area contributed by atoms with Gasteiger partial charge in [-0.1, -0.05) is 0 Å². The van der Waals surface area contributed by atoms with Gasteiger partial charge in [0.2, 0.25) is 0 Å². The van der Waals surface area contributed by atoms with Crippen molar-refractivity contribution < 1.29 is 14.7 Å². The van der Waals surface area contributed by atoms with Crippen LogP contribution in [-0.2, 0) is 18.4 Å². The molecule has 0 saturated carbocycles. The number of aromatic nitrogens is 3. The lowest BCUT2D eigenvalue weighted by Crippen LogP contribution is -2.39. The Balaban J connectivity index is 1.83. The minimum Gasteiger partial charge on any atom is -0.481 e. The summed E-state index contributed by atoms with van der Waals surface area (Å²) < 4.78 is 1.71. The Hall–Kier alpha value is -2.12. The number of aliphatic carboxylic acids is 1. The van der Waals surface area contributed by atoms with Crippen molar-refractivity contribution in [3.05, 3.63) is 12.2 Å². The van der Waals surface area contributed by atoms with Crippen molar-refractivity contribution >= 4 is 12.0 Å². The summed E-state index contributed by atoms with van der Waals surface area (Å²) in [7, 11) is 1.79. The lowest BCUT2D eigenvalue weighted by Gasteiger charge is -2.16. The van der Waals surface area contributed by atoms with E-state index < -0.39 is 11.9 Å². The highest BCUT2D eigenvalue weighted by molar-refractivity contribution is 5.77. The lowest BCUT2D eigenvalue weighted by atomic mass is 10.1. The number of hydrogen-bond donors (Lipinski definition) is 2. The van der Waals surface area contributed by atoms with Crippen LogP contribution in [0.3, 0.4) is 0 Å². The molecule has 0 bridgehead atoms. The van der Waals surface area contributed by atoms with Gasteiger partial charge in [-0.05, 0) is 6.42 Å². The third-order valence-electron chi connectivity index (χ3n) is 3.03. The number of urea groups is 1. The number of nitrogens with zero attached hydrogens (tertiary/aromatic N) is 4. The molecule has 0 radical (unpaired) electrons. The highest BCUT2D eigenvalue weighted by atomic mass is 16.4. The van der Waals surface area contributed by atoms with Gasteiger partial charge in [0.25, 0.3) is 0 Å². The number of carboxylic acids is 1. The molecule has 1 fully saturated rings. The number of carbonyl (C=O) groups excluding carboxylic acids is 1. The summed E-state index contributed by atoms with van der Waals surface area (Å²) in [6, 6.07) is -0.262. The highest BCUT2D eigenvalue weighted by Gasteiger charge is 2.30. The molecular formula is C10H15N5O3. The molecule has 2 N–H and O–H groups in total. The Morgan fingerprint density at radius 2 is 2.39 bits per heavy atom. The molecule has 1 unspecified atom stereocenters. The van der Waals surface area contributed by atoms with Gasteiger partial charge in [-0.3, -0.25) is 4.79 Å². The Bertz CT molecular complexity index is 458. The van der Waals surface area contributed by atoms with E-state index in [1.807, 2.05) is 0 Å². The predicted octanol–water partition coefficient (Wildman–Crippen LogP) is -0.569. The third kappa shape index (κ3) is 2.58. The average Bonchev–Trinajstić information content (AvgIpc) is 2.94. The Kier molecular flexibility index (Phi) is 3.45. The molecular weight excluding hydrogens is 238 g/mol. The van der Waals surface area contributed by atoms with Crippen molar-refractivity contribution in [2.45, 2.75) is 13.0 Å². The number of aryl methyl sites for hydroxylation is 1. The normalized spacial score (nSPS) is 18.9. The molecule has 2 heterocycles. The summed E-state index contributed by atoms with van der Waals surface area (Å²) in [5, 5.41) is 19.1. The molecule has 98 valence electrons. The smallest absolute Gasteiger partial charge is 0.317 e. The van der Waals surface area contributed by atoms with E-state index in [1.165, 1.54) is 4.90 Å². The van der Waals surface area contributed by atoms with Crippen LogP contribution in [0.15, 0.2) is 6.33 Å². The minimum absolute atomic E-state index is 0.262. The zero-order valence-electron chi connectivity index (χ0n) is 10.0. The maximum atomic E-state index is 11.8. The fraction of sp³-hybridized carbons (Fsp3) is 0.600. The number of likely N-dealkylation sites (tertiary alicyclic amines) is 1. The van der Waals surface area contributed by atoms with E-state index in [0.29, 0.717) is 18.8 Å². The summed E-state index contributed by atoms with van der Waals surface area (Å²) >= 11 is 0. The van der Waals surface area contributed by atoms with Crippen molar-refractivity contribution in [3.63, 3.8) is 0 Å². The largest absolute Gasteiger partial charge is 0.481 e. The first-order chi connectivity index (χ1) is 8.58. The SMILES string of the molecule is Cn1cnnc1CNC(=O)N1CCC(C(=O)O)C1. The monoisotopic (exact) mass is 253 g/mol. The summed E-state index contributed by atoms with van der Waals surface area (Å²) in [5.41, 5.74) is 0. The molecule has 1 aromatic heterocycles. The first kappa shape index (κ1) is 12.3. The predicted molar refractivity (Wildman–Crippen MR) is 60.6 cm³/mol. The topological polar surface area (TPSA) is 100 Å². The Morgan fingerprint density at radius 3 is 2.94 bits per heavy atom. The molecule has 1 aliphatic heterocycles. The molecule has 0 aliphatic carbocycles. The standard InChI is InChI=1S/C10H15N5O3/c1-14-6-12-13-8(14)4-11-10(18)15-3-2-7(5-15)9(16)17/h6-7H,2-5H2,1H3,(H,11,18)(H,16,17). The van der Waals surface area contributed by atoms with Crippen LogP contribution in [0.25, 0.3) is 0 Å². The second kappa shape index (κ2) is 5.03. The van der Waals surface area contributed by atoms with Gasteiger partial charge in [0.15, 0.2) is 5.82 Å². The van der Waals surface area contributed by atoms with E-state index in [1.54, 1.807) is 17.9 Å². The van der Waals surface area contributed by atoms with E-state index in [4.69, 9.17) is 5.11 Å². The second-order valence-electron chi connectivity index (χ2n) is 4.29. The van der Waals surface area contributed by atoms with E-state index in [0.717, 1.165) is 0 Å². The molecule has 8 heteroatoms. The quantitative estimate of drug-likeness (QED) is 0.751. The molecule has 8 nitrogen and oxygen atoms in total. The van der Waals surface area contributed by atoms with Crippen molar-refractivity contribution in [2.24, 2.45) is 13.0 Å². The molecule has 1 saturated heterocycles. The van der Waals surface area contributed by atoms with Gasteiger partial charge in [-0.2, -0.15) is 0 Å². The van der Waals surface area contributed by atoms with Crippen molar-refractivity contribution in [1.82, 2.24) is 25.0 Å². The maximum absolute atomic E-state index is 11.8. The van der Waals surface area contributed by atoms with Gasteiger partial charge >= 0.3 is 12.0 Å². The van der Waals surface area contributed by atoms with Gasteiger partial charge in [-0.25, -0.2) is 4.79 Å². The van der Waals surface area contributed by atoms with Crippen LogP contribution < -0.4 is 5.32 Å². The summed E-state index contributed by atoms with van der Waals surface area (Å²) in [5.74, 6) is -0.651. The van der Waals surface area contributed by atoms with Gasteiger partial charge in [0, 0.05) is 20.1 Å². The van der Waals surface area contributed by atoms with Gasteiger partial charge in [-0.15, -0.1) is 10.2 Å². The molecule has 1 aliphatic rings. The maximum Gasteiger partial charge on any atom is 0.317 e. The number of nitrogens with one attached hydrogen (secondary N) is 1. The lowest BCUT2D eigenvalue weighted by molar-refractivity contribution is -0.141. The average molecular weight is 253 g/mol. The number of carboxylic acid groups (broad SMARTS) is 1. The summed E-state index contributed by atoms with van der Waals surface area (Å²) in [4.78, 5) is 24.1. The van der Waals surface area contributed by atoms with Crippen LogP contribution in [-0.4, -0.2) is 49.9 Å². The van der Waals surface area contributed by atoms with Crippen LogP contribution in [0, 0.1) is 5.92 Å². The van der Waals surface area contributed by atoms with Crippen LogP contribution >= 0.6 is 0 Å². The number of carbonyl (C=O) groups is 2. The molecule has 2 rings (SSSR count). The zero-order valence-corrected chi connectivity index (χ0v) is 10.0. The third-order valence-corrected chi connectivity index (χ3v) is 3.03. The van der Waals surface area contributed by atoms with Crippen LogP contribution in [0.4, 0.5) is 4.79 Å². The van der Waals surface area contributed by atoms with Crippen molar-refractivity contribution in [2.75, 3.05) is 13.1 Å². The number of hydrogen-bond acceptors (Lipinski definition) is 4. The van der Waals surface area contributed by atoms with Gasteiger partial charge in [0.1, 0.15) is 6.33 Å². The first-order valence-electron chi connectivity index (χ1n) is 5.66. The Morgan fingerprint density at radius 1 is 1.61 bits per heavy atom. The van der Waals surface area contributed by atoms with E-state index >= 15 is 0 Å². The first-order valence-corrected chi connectivity index (χ1v) is 5.66. The fourth-order valence-corrected chi connectivity index (χ4v) is 1.88. The Labute approximate surface area is 104 Å². The zero-order chi connectivity index (χ0) is 13.1. The molecule has 1 atom stereocenters. The summed E-state index contributed by atoms with van der Waals surface area (Å²) in [6.45, 7) is 1.02. The van der Waals surface area contributed by atoms with Crippen LogP contribution in [0.2, 0.25) is 0 Å². The van der Waals surface area contributed by atoms with E-state index in [2.05, 4.69) is 15.5 Å². The van der Waals surface area contributed by atoms with E-state index in [9.17, 15) is 9.59 Å². The second-order valence-corrected chi connectivity index (χ2v) is 4.29. The minimum atomic E-state index is -0.849. The van der Waals surface area contributed by atoms with E-state index in [-0.39, 0.29) is 19.1 Å². The molecule has 0 spiro atoms. The van der Waals surface area contributed by atoms with Crippen molar-refractivity contribution in [3.8, 4) is 0 Å². The molecule has 18 heavy (non-hydrogen) atoms. The molecule has 0 aromatic carbocycles. The fourth-order valence-electron chi connectivity index (χ4n) is 1.88. The number of amides is 2. The molecule has 2 amide bonds. The summed E-state index contributed by atoms with van der Waals surface area (Å²) in [6.07, 6.45) is 2.06. The molecule has 1 aromatic rings. The van der Waals surface area contributed by atoms with Crippen LogP contribution in [0.1, 0.15) is 12.2 Å². The van der Waals surface area contributed by atoms with Gasteiger partial charge < -0.3 is 19.9 Å². The van der Waals surface area contributed by atoms with Gasteiger partial charge in [0.05, 0.1) is 12.5 Å².